The van der Waals surface area contributed by atoms with Crippen LogP contribution in [0.4, 0.5) is 5.69 Å². The van der Waals surface area contributed by atoms with Gasteiger partial charge in [-0.3, -0.25) is 4.79 Å². The molecule has 1 aromatic heterocycles. The largest absolute Gasteiger partial charge is 0.490 e. The van der Waals surface area contributed by atoms with Crippen molar-refractivity contribution >= 4 is 11.6 Å². The maximum absolute atomic E-state index is 12.6. The number of carbonyl (C=O) groups excluding carboxylic acids is 1. The van der Waals surface area contributed by atoms with E-state index in [0.717, 1.165) is 25.2 Å². The molecule has 152 valence electrons. The van der Waals surface area contributed by atoms with Gasteiger partial charge in [0.25, 0.3) is 5.91 Å². The quantitative estimate of drug-likeness (QED) is 0.572. The molecule has 0 atom stereocenters. The van der Waals surface area contributed by atoms with Gasteiger partial charge in [0, 0.05) is 6.54 Å². The van der Waals surface area contributed by atoms with Crippen molar-refractivity contribution in [2.45, 2.75) is 20.4 Å². The van der Waals surface area contributed by atoms with E-state index in [0.29, 0.717) is 24.6 Å². The van der Waals surface area contributed by atoms with Crippen LogP contribution in [-0.4, -0.2) is 52.0 Å². The molecule has 3 aromatic rings. The standard InChI is InChI=1S/C22H27N5O2/c1-3-26(4-2)14-15-29-21-13-9-8-12-19(21)23-22(28)20-17-27(25-24-20)16-18-10-6-5-7-11-18/h5-13,17H,3-4,14-16H2,1-2H3,(H,23,28). The lowest BCUT2D eigenvalue weighted by atomic mass is 10.2. The van der Waals surface area contributed by atoms with Gasteiger partial charge in [0.05, 0.1) is 18.4 Å². The van der Waals surface area contributed by atoms with Gasteiger partial charge in [-0.2, -0.15) is 0 Å². The van der Waals surface area contributed by atoms with Crippen LogP contribution < -0.4 is 10.1 Å². The number of nitrogens with zero attached hydrogens (tertiary/aromatic N) is 4. The van der Waals surface area contributed by atoms with Gasteiger partial charge >= 0.3 is 0 Å². The van der Waals surface area contributed by atoms with Crippen LogP contribution in [0.15, 0.2) is 60.8 Å². The number of amides is 1. The first-order valence-electron chi connectivity index (χ1n) is 9.89. The van der Waals surface area contributed by atoms with Crippen molar-refractivity contribution in [2.24, 2.45) is 0 Å². The number of likely N-dealkylation sites (N-methyl/N-ethyl adjacent to an activating group) is 1. The number of anilines is 1. The fourth-order valence-corrected chi connectivity index (χ4v) is 2.96. The number of hydrogen-bond donors (Lipinski definition) is 1. The summed E-state index contributed by atoms with van der Waals surface area (Å²) in [6.45, 7) is 8.18. The minimum atomic E-state index is -0.316. The van der Waals surface area contributed by atoms with Gasteiger partial charge in [-0.25, -0.2) is 4.68 Å². The lowest BCUT2D eigenvalue weighted by molar-refractivity contribution is 0.102. The van der Waals surface area contributed by atoms with Gasteiger partial charge in [0.1, 0.15) is 12.4 Å². The van der Waals surface area contributed by atoms with Gasteiger partial charge in [0.2, 0.25) is 0 Å². The van der Waals surface area contributed by atoms with Crippen molar-refractivity contribution in [3.05, 3.63) is 72.1 Å². The van der Waals surface area contributed by atoms with E-state index in [1.807, 2.05) is 54.6 Å². The second-order valence-corrected chi connectivity index (χ2v) is 6.61. The zero-order valence-electron chi connectivity index (χ0n) is 16.9. The van der Waals surface area contributed by atoms with E-state index in [1.54, 1.807) is 10.9 Å². The number of para-hydroxylation sites is 2. The fourth-order valence-electron chi connectivity index (χ4n) is 2.96. The highest BCUT2D eigenvalue weighted by Gasteiger charge is 2.14. The van der Waals surface area contributed by atoms with Crippen molar-refractivity contribution in [1.29, 1.82) is 0 Å². The topological polar surface area (TPSA) is 72.3 Å². The molecule has 0 radical (unpaired) electrons. The Morgan fingerprint density at radius 2 is 1.79 bits per heavy atom. The van der Waals surface area contributed by atoms with Crippen molar-refractivity contribution in [3.63, 3.8) is 0 Å². The lowest BCUT2D eigenvalue weighted by Crippen LogP contribution is -2.28. The normalized spacial score (nSPS) is 10.9. The van der Waals surface area contributed by atoms with Crippen LogP contribution in [0.3, 0.4) is 0 Å². The number of benzene rings is 2. The number of nitrogens with one attached hydrogen (secondary N) is 1. The molecule has 0 unspecified atom stereocenters. The number of aromatic nitrogens is 3. The first-order valence-corrected chi connectivity index (χ1v) is 9.89. The highest BCUT2D eigenvalue weighted by molar-refractivity contribution is 6.03. The fraction of sp³-hybridized carbons (Fsp3) is 0.318. The van der Waals surface area contributed by atoms with Gasteiger partial charge < -0.3 is 15.0 Å². The van der Waals surface area contributed by atoms with Gasteiger partial charge in [0.15, 0.2) is 5.69 Å². The van der Waals surface area contributed by atoms with Gasteiger partial charge in [-0.15, -0.1) is 5.10 Å². The van der Waals surface area contributed by atoms with E-state index in [4.69, 9.17) is 4.74 Å². The zero-order valence-corrected chi connectivity index (χ0v) is 16.9. The molecule has 0 aliphatic rings. The Bertz CT molecular complexity index is 906. The Kier molecular flexibility index (Phi) is 7.35. The molecule has 0 aliphatic heterocycles. The predicted octanol–water partition coefficient (Wildman–Crippen LogP) is 3.30. The third-order valence-corrected chi connectivity index (χ3v) is 4.65. The summed E-state index contributed by atoms with van der Waals surface area (Å²) in [7, 11) is 0. The average Bonchev–Trinajstić information content (AvgIpc) is 3.22. The van der Waals surface area contributed by atoms with E-state index in [2.05, 4.69) is 34.4 Å². The second-order valence-electron chi connectivity index (χ2n) is 6.61. The predicted molar refractivity (Wildman–Crippen MR) is 113 cm³/mol. The molecule has 7 nitrogen and oxygen atoms in total. The summed E-state index contributed by atoms with van der Waals surface area (Å²) < 4.78 is 7.54. The summed E-state index contributed by atoms with van der Waals surface area (Å²) >= 11 is 0. The van der Waals surface area contributed by atoms with Crippen molar-refractivity contribution in [3.8, 4) is 5.75 Å². The van der Waals surface area contributed by atoms with Crippen LogP contribution in [0.1, 0.15) is 29.9 Å². The number of carbonyl (C=O) groups is 1. The highest BCUT2D eigenvalue weighted by atomic mass is 16.5. The molecule has 3 rings (SSSR count). The number of rotatable bonds is 10. The van der Waals surface area contributed by atoms with Gasteiger partial charge in [-0.1, -0.05) is 61.5 Å². The molecule has 0 spiro atoms. The molecule has 29 heavy (non-hydrogen) atoms. The van der Waals surface area contributed by atoms with E-state index >= 15 is 0 Å². The summed E-state index contributed by atoms with van der Waals surface area (Å²) in [5.41, 5.74) is 1.98. The van der Waals surface area contributed by atoms with Crippen molar-refractivity contribution in [2.75, 3.05) is 31.6 Å². The second kappa shape index (κ2) is 10.4. The van der Waals surface area contributed by atoms with Crippen LogP contribution in [0.25, 0.3) is 0 Å². The molecular formula is C22H27N5O2. The molecule has 1 amide bonds. The first-order chi connectivity index (χ1) is 14.2. The summed E-state index contributed by atoms with van der Waals surface area (Å²) in [4.78, 5) is 14.9. The smallest absolute Gasteiger partial charge is 0.277 e. The molecule has 2 aromatic carbocycles. The Hall–Kier alpha value is -3.19. The maximum atomic E-state index is 12.6. The molecule has 0 aliphatic carbocycles. The van der Waals surface area contributed by atoms with Crippen LogP contribution >= 0.6 is 0 Å². The molecule has 0 fully saturated rings. The van der Waals surface area contributed by atoms with Crippen LogP contribution in [0, 0.1) is 0 Å². The Labute approximate surface area is 171 Å². The maximum Gasteiger partial charge on any atom is 0.277 e. The SMILES string of the molecule is CCN(CC)CCOc1ccccc1NC(=O)c1cn(Cc2ccccc2)nn1. The summed E-state index contributed by atoms with van der Waals surface area (Å²) in [6, 6.07) is 17.3. The first kappa shape index (κ1) is 20.5. The molecular weight excluding hydrogens is 366 g/mol. The average molecular weight is 393 g/mol. The van der Waals surface area contributed by atoms with Crippen LogP contribution in [0.5, 0.6) is 5.75 Å². The van der Waals surface area contributed by atoms with Crippen molar-refractivity contribution in [1.82, 2.24) is 19.9 Å². The Balaban J connectivity index is 1.61. The molecule has 1 heterocycles. The monoisotopic (exact) mass is 393 g/mol. The minimum absolute atomic E-state index is 0.263. The van der Waals surface area contributed by atoms with E-state index in [1.165, 1.54) is 0 Å². The summed E-state index contributed by atoms with van der Waals surface area (Å²) in [6.07, 6.45) is 1.65. The van der Waals surface area contributed by atoms with Crippen LogP contribution in [-0.2, 0) is 6.54 Å². The van der Waals surface area contributed by atoms with E-state index in [9.17, 15) is 4.79 Å². The van der Waals surface area contributed by atoms with Crippen LogP contribution in [0.2, 0.25) is 0 Å². The molecule has 7 heteroatoms. The third kappa shape index (κ3) is 5.89. The number of hydrogen-bond acceptors (Lipinski definition) is 5. The molecule has 0 saturated carbocycles. The Morgan fingerprint density at radius 1 is 1.07 bits per heavy atom. The van der Waals surface area contributed by atoms with E-state index < -0.39 is 0 Å². The van der Waals surface area contributed by atoms with E-state index in [-0.39, 0.29) is 11.6 Å². The molecule has 1 N–H and O–H groups in total. The third-order valence-electron chi connectivity index (χ3n) is 4.65. The highest BCUT2D eigenvalue weighted by Crippen LogP contribution is 2.24. The summed E-state index contributed by atoms with van der Waals surface area (Å²) in [5, 5.41) is 10.9. The Morgan fingerprint density at radius 3 is 2.55 bits per heavy atom. The summed E-state index contributed by atoms with van der Waals surface area (Å²) in [5.74, 6) is 0.328. The van der Waals surface area contributed by atoms with Crippen molar-refractivity contribution < 1.29 is 9.53 Å². The molecule has 0 bridgehead atoms. The zero-order chi connectivity index (χ0) is 20.5. The lowest BCUT2D eigenvalue weighted by Gasteiger charge is -2.19. The minimum Gasteiger partial charge on any atom is -0.490 e. The molecule has 0 saturated heterocycles. The number of ether oxygens (including phenoxy) is 1. The van der Waals surface area contributed by atoms with Gasteiger partial charge in [-0.05, 0) is 30.8 Å².